The minimum absolute atomic E-state index is 0.242. The van der Waals surface area contributed by atoms with Gasteiger partial charge in [0.25, 0.3) is 6.43 Å². The van der Waals surface area contributed by atoms with E-state index < -0.39 is 12.2 Å². The molecule has 0 aliphatic carbocycles. The van der Waals surface area contributed by atoms with Crippen molar-refractivity contribution in [1.82, 2.24) is 14.8 Å². The highest BCUT2D eigenvalue weighted by Crippen LogP contribution is 2.12. The minimum atomic E-state index is -2.65. The summed E-state index contributed by atoms with van der Waals surface area (Å²) >= 11 is 0. The van der Waals surface area contributed by atoms with E-state index in [4.69, 9.17) is 5.26 Å². The molecule has 6 heteroatoms. The molecule has 0 radical (unpaired) electrons. The molecule has 0 aliphatic rings. The van der Waals surface area contributed by atoms with E-state index in [-0.39, 0.29) is 6.42 Å². The van der Waals surface area contributed by atoms with Crippen LogP contribution >= 0.6 is 0 Å². The third-order valence-corrected chi connectivity index (χ3v) is 1.20. The van der Waals surface area contributed by atoms with Crippen LogP contribution < -0.4 is 0 Å². The van der Waals surface area contributed by atoms with Gasteiger partial charge in [0.05, 0.1) is 19.0 Å². The fraction of sp³-hybridized carbons (Fsp3) is 0.500. The number of aryl methyl sites for hydroxylation is 1. The number of nitriles is 1. The van der Waals surface area contributed by atoms with Crippen LogP contribution in [0.3, 0.4) is 0 Å². The van der Waals surface area contributed by atoms with Crippen molar-refractivity contribution in [2.75, 3.05) is 0 Å². The van der Waals surface area contributed by atoms with Gasteiger partial charge in [-0.3, -0.25) is 4.68 Å². The number of alkyl halides is 2. The molecular weight excluding hydrogens is 166 g/mol. The second-order valence-corrected chi connectivity index (χ2v) is 2.07. The second-order valence-electron chi connectivity index (χ2n) is 2.07. The fourth-order valence-electron chi connectivity index (χ4n) is 0.681. The molecule has 0 amide bonds. The zero-order valence-electron chi connectivity index (χ0n) is 6.11. The maximum atomic E-state index is 11.9. The summed E-state index contributed by atoms with van der Waals surface area (Å²) in [6.45, 7) is 0.302. The summed E-state index contributed by atoms with van der Waals surface area (Å²) in [6.07, 6.45) is -1.21. The zero-order chi connectivity index (χ0) is 8.97. The highest BCUT2D eigenvalue weighted by atomic mass is 19.3. The average Bonchev–Trinajstić information content (AvgIpc) is 2.48. The van der Waals surface area contributed by atoms with Crippen molar-refractivity contribution >= 4 is 0 Å². The lowest BCUT2D eigenvalue weighted by Crippen LogP contribution is -1.98. The Labute approximate surface area is 67.4 Å². The van der Waals surface area contributed by atoms with E-state index in [1.54, 1.807) is 0 Å². The molecule has 1 aromatic heterocycles. The second kappa shape index (κ2) is 3.76. The van der Waals surface area contributed by atoms with Crippen LogP contribution in [-0.4, -0.2) is 14.8 Å². The lowest BCUT2D eigenvalue weighted by molar-refractivity contribution is 0.140. The van der Waals surface area contributed by atoms with E-state index in [1.165, 1.54) is 11.0 Å². The Morgan fingerprint density at radius 3 is 2.92 bits per heavy atom. The molecule has 0 aliphatic heterocycles. The molecule has 4 nitrogen and oxygen atoms in total. The molecule has 1 heterocycles. The van der Waals surface area contributed by atoms with Gasteiger partial charge in [-0.25, -0.2) is 13.8 Å². The van der Waals surface area contributed by atoms with E-state index in [2.05, 4.69) is 10.1 Å². The highest BCUT2D eigenvalue weighted by Gasteiger charge is 2.11. The largest absolute Gasteiger partial charge is 0.299 e. The Morgan fingerprint density at radius 1 is 1.67 bits per heavy atom. The highest BCUT2D eigenvalue weighted by molar-refractivity contribution is 4.83. The van der Waals surface area contributed by atoms with Gasteiger partial charge in [0.2, 0.25) is 5.82 Å². The molecule has 1 rings (SSSR count). The molecule has 0 saturated heterocycles. The summed E-state index contributed by atoms with van der Waals surface area (Å²) in [6, 6.07) is 1.88. The molecule has 0 atom stereocenters. The van der Waals surface area contributed by atoms with Crippen molar-refractivity contribution in [3.63, 3.8) is 0 Å². The van der Waals surface area contributed by atoms with Crippen LogP contribution in [0.5, 0.6) is 0 Å². The smallest absolute Gasteiger partial charge is 0.251 e. The summed E-state index contributed by atoms with van der Waals surface area (Å²) in [5, 5.41) is 11.6. The first-order valence-corrected chi connectivity index (χ1v) is 3.28. The summed E-state index contributed by atoms with van der Waals surface area (Å²) in [4.78, 5) is 3.36. The van der Waals surface area contributed by atoms with E-state index in [1.807, 2.05) is 6.07 Å². The molecule has 0 bridgehead atoms. The van der Waals surface area contributed by atoms with E-state index >= 15 is 0 Å². The van der Waals surface area contributed by atoms with Crippen molar-refractivity contribution in [2.24, 2.45) is 0 Å². The van der Waals surface area contributed by atoms with Crippen LogP contribution in [0.1, 0.15) is 18.7 Å². The molecule has 0 unspecified atom stereocenters. The van der Waals surface area contributed by atoms with Gasteiger partial charge in [-0.2, -0.15) is 5.26 Å². The zero-order valence-corrected chi connectivity index (χ0v) is 6.11. The van der Waals surface area contributed by atoms with Gasteiger partial charge in [-0.15, -0.1) is 5.10 Å². The average molecular weight is 172 g/mol. The number of halogens is 2. The van der Waals surface area contributed by atoms with Crippen LogP contribution in [-0.2, 0) is 6.54 Å². The normalized spacial score (nSPS) is 10.2. The summed E-state index contributed by atoms with van der Waals surface area (Å²) < 4.78 is 25.0. The monoisotopic (exact) mass is 172 g/mol. The van der Waals surface area contributed by atoms with Crippen molar-refractivity contribution in [3.05, 3.63) is 12.2 Å². The molecule has 0 aromatic carbocycles. The maximum Gasteiger partial charge on any atom is 0.299 e. The van der Waals surface area contributed by atoms with Crippen molar-refractivity contribution in [3.8, 4) is 6.07 Å². The number of hydrogen-bond acceptors (Lipinski definition) is 3. The molecule has 0 saturated carbocycles. The van der Waals surface area contributed by atoms with E-state index in [0.717, 1.165) is 0 Å². The number of aromatic nitrogens is 3. The Kier molecular flexibility index (Phi) is 2.69. The molecule has 1 aromatic rings. The number of nitrogens with zero attached hydrogens (tertiary/aromatic N) is 4. The van der Waals surface area contributed by atoms with E-state index in [9.17, 15) is 8.78 Å². The lowest BCUT2D eigenvalue weighted by Gasteiger charge is -1.92. The fourth-order valence-corrected chi connectivity index (χ4v) is 0.681. The SMILES string of the molecule is N#CCCn1cnc(C(F)F)n1. The van der Waals surface area contributed by atoms with Crippen LogP contribution in [0, 0.1) is 11.3 Å². The Morgan fingerprint density at radius 2 is 2.42 bits per heavy atom. The first kappa shape index (κ1) is 8.59. The van der Waals surface area contributed by atoms with Gasteiger partial charge >= 0.3 is 0 Å². The minimum Gasteiger partial charge on any atom is -0.251 e. The van der Waals surface area contributed by atoms with Crippen molar-refractivity contribution in [1.29, 1.82) is 5.26 Å². The Balaban J connectivity index is 2.59. The molecule has 0 N–H and O–H groups in total. The van der Waals surface area contributed by atoms with Gasteiger partial charge in [0.1, 0.15) is 6.33 Å². The van der Waals surface area contributed by atoms with E-state index in [0.29, 0.717) is 6.54 Å². The molecular formula is C6H6F2N4. The molecule has 12 heavy (non-hydrogen) atoms. The standard InChI is InChI=1S/C6H6F2N4/c7-5(8)6-10-4-12(11-6)3-1-2-9/h4-5H,1,3H2. The van der Waals surface area contributed by atoms with Crippen molar-refractivity contribution in [2.45, 2.75) is 19.4 Å². The maximum absolute atomic E-state index is 11.9. The number of hydrogen-bond donors (Lipinski definition) is 0. The van der Waals surface area contributed by atoms with Gasteiger partial charge in [0.15, 0.2) is 0 Å². The Bertz CT molecular complexity index is 288. The van der Waals surface area contributed by atoms with Gasteiger partial charge < -0.3 is 0 Å². The van der Waals surface area contributed by atoms with Gasteiger partial charge in [-0.05, 0) is 0 Å². The van der Waals surface area contributed by atoms with Crippen LogP contribution in [0.4, 0.5) is 8.78 Å². The Hall–Kier alpha value is -1.51. The number of rotatable bonds is 3. The quantitative estimate of drug-likeness (QED) is 0.686. The third-order valence-electron chi connectivity index (χ3n) is 1.20. The van der Waals surface area contributed by atoms with Crippen LogP contribution in [0.25, 0.3) is 0 Å². The summed E-state index contributed by atoms with van der Waals surface area (Å²) in [5.74, 6) is -0.493. The predicted molar refractivity (Wildman–Crippen MR) is 35.2 cm³/mol. The van der Waals surface area contributed by atoms with Gasteiger partial charge in [0, 0.05) is 0 Å². The van der Waals surface area contributed by atoms with Crippen LogP contribution in [0.15, 0.2) is 6.33 Å². The molecule has 64 valence electrons. The lowest BCUT2D eigenvalue weighted by atomic mass is 10.5. The van der Waals surface area contributed by atoms with Crippen molar-refractivity contribution < 1.29 is 8.78 Å². The molecule has 0 spiro atoms. The topological polar surface area (TPSA) is 54.5 Å². The molecule has 0 fully saturated rings. The van der Waals surface area contributed by atoms with Crippen LogP contribution in [0.2, 0.25) is 0 Å². The third kappa shape index (κ3) is 1.99. The predicted octanol–water partition coefficient (Wildman–Crippen LogP) is 1.13. The first-order valence-electron chi connectivity index (χ1n) is 3.28. The first-order chi connectivity index (χ1) is 5.74. The summed E-state index contributed by atoms with van der Waals surface area (Å²) in [7, 11) is 0. The van der Waals surface area contributed by atoms with Gasteiger partial charge in [-0.1, -0.05) is 0 Å². The summed E-state index contributed by atoms with van der Waals surface area (Å²) in [5.41, 5.74) is 0.